The SMILES string of the molecule is Cn1c(=O)cc2n(c1=O)CCCC2. The Hall–Kier alpha value is -1.32. The van der Waals surface area contributed by atoms with Crippen LogP contribution >= 0.6 is 0 Å². The van der Waals surface area contributed by atoms with Crippen LogP contribution in [-0.2, 0) is 20.0 Å². The minimum absolute atomic E-state index is 0.179. The zero-order valence-electron chi connectivity index (χ0n) is 7.62. The predicted molar refractivity (Wildman–Crippen MR) is 48.9 cm³/mol. The molecule has 2 heterocycles. The Morgan fingerprint density at radius 1 is 1.31 bits per heavy atom. The highest BCUT2D eigenvalue weighted by atomic mass is 16.2. The zero-order valence-corrected chi connectivity index (χ0v) is 7.62. The summed E-state index contributed by atoms with van der Waals surface area (Å²) in [5.74, 6) is 0. The first-order valence-electron chi connectivity index (χ1n) is 4.50. The second-order valence-electron chi connectivity index (χ2n) is 3.42. The monoisotopic (exact) mass is 180 g/mol. The first kappa shape index (κ1) is 8.29. The van der Waals surface area contributed by atoms with Crippen LogP contribution in [0.2, 0.25) is 0 Å². The second kappa shape index (κ2) is 2.87. The Balaban J connectivity index is 2.75. The lowest BCUT2D eigenvalue weighted by Crippen LogP contribution is -2.40. The quantitative estimate of drug-likeness (QED) is 0.559. The van der Waals surface area contributed by atoms with Gasteiger partial charge < -0.3 is 0 Å². The number of hydrogen-bond donors (Lipinski definition) is 0. The molecule has 0 saturated heterocycles. The number of nitrogens with zero attached hydrogens (tertiary/aromatic N) is 2. The molecule has 0 unspecified atom stereocenters. The van der Waals surface area contributed by atoms with Gasteiger partial charge in [-0.3, -0.25) is 13.9 Å². The van der Waals surface area contributed by atoms with Crippen molar-refractivity contribution in [3.8, 4) is 0 Å². The molecule has 4 heteroatoms. The maximum absolute atomic E-state index is 11.6. The van der Waals surface area contributed by atoms with E-state index in [0.29, 0.717) is 0 Å². The van der Waals surface area contributed by atoms with Gasteiger partial charge in [0.1, 0.15) is 0 Å². The lowest BCUT2D eigenvalue weighted by molar-refractivity contribution is 0.483. The summed E-state index contributed by atoms with van der Waals surface area (Å²) in [6.45, 7) is 0.752. The molecule has 1 aliphatic heterocycles. The number of hydrogen-bond acceptors (Lipinski definition) is 2. The molecule has 4 nitrogen and oxygen atoms in total. The third-order valence-corrected chi connectivity index (χ3v) is 2.55. The van der Waals surface area contributed by atoms with Crippen LogP contribution in [-0.4, -0.2) is 9.13 Å². The van der Waals surface area contributed by atoms with Crippen molar-refractivity contribution in [3.05, 3.63) is 32.6 Å². The van der Waals surface area contributed by atoms with E-state index < -0.39 is 0 Å². The van der Waals surface area contributed by atoms with Gasteiger partial charge in [0.15, 0.2) is 0 Å². The van der Waals surface area contributed by atoms with Gasteiger partial charge in [0.25, 0.3) is 5.56 Å². The Labute approximate surface area is 75.4 Å². The lowest BCUT2D eigenvalue weighted by atomic mass is 10.1. The van der Waals surface area contributed by atoms with E-state index >= 15 is 0 Å². The number of rotatable bonds is 0. The molecule has 0 saturated carbocycles. The average molecular weight is 180 g/mol. The summed E-state index contributed by atoms with van der Waals surface area (Å²) in [7, 11) is 1.52. The fourth-order valence-corrected chi connectivity index (χ4v) is 1.74. The molecular weight excluding hydrogens is 168 g/mol. The fourth-order valence-electron chi connectivity index (χ4n) is 1.74. The molecule has 0 aromatic carbocycles. The molecule has 1 aliphatic rings. The molecule has 1 aromatic heterocycles. The Morgan fingerprint density at radius 3 is 2.85 bits per heavy atom. The lowest BCUT2D eigenvalue weighted by Gasteiger charge is -2.17. The van der Waals surface area contributed by atoms with Crippen molar-refractivity contribution in [2.45, 2.75) is 25.8 Å². The summed E-state index contributed by atoms with van der Waals surface area (Å²) >= 11 is 0. The van der Waals surface area contributed by atoms with Gasteiger partial charge in [0, 0.05) is 25.4 Å². The van der Waals surface area contributed by atoms with Crippen LogP contribution in [0.5, 0.6) is 0 Å². The summed E-state index contributed by atoms with van der Waals surface area (Å²) in [6.07, 6.45) is 2.96. The molecule has 70 valence electrons. The first-order chi connectivity index (χ1) is 6.20. The molecule has 0 bridgehead atoms. The molecule has 2 rings (SSSR count). The van der Waals surface area contributed by atoms with E-state index in [1.807, 2.05) is 0 Å². The molecule has 0 atom stereocenters. The minimum Gasteiger partial charge on any atom is -0.298 e. The molecule has 0 aliphatic carbocycles. The average Bonchev–Trinajstić information content (AvgIpc) is 2.15. The van der Waals surface area contributed by atoms with Crippen LogP contribution in [0.1, 0.15) is 18.5 Å². The van der Waals surface area contributed by atoms with Crippen molar-refractivity contribution in [1.82, 2.24) is 9.13 Å². The van der Waals surface area contributed by atoms with E-state index in [1.54, 1.807) is 10.6 Å². The van der Waals surface area contributed by atoms with Gasteiger partial charge in [-0.2, -0.15) is 0 Å². The zero-order chi connectivity index (χ0) is 9.42. The maximum atomic E-state index is 11.6. The Morgan fingerprint density at radius 2 is 2.08 bits per heavy atom. The van der Waals surface area contributed by atoms with Crippen molar-refractivity contribution >= 4 is 0 Å². The normalized spacial score (nSPS) is 15.5. The van der Waals surface area contributed by atoms with E-state index in [1.165, 1.54) is 7.05 Å². The van der Waals surface area contributed by atoms with Crippen molar-refractivity contribution in [2.24, 2.45) is 7.05 Å². The molecule has 0 radical (unpaired) electrons. The van der Waals surface area contributed by atoms with Crippen LogP contribution in [0.25, 0.3) is 0 Å². The Kier molecular flexibility index (Phi) is 1.83. The predicted octanol–water partition coefficient (Wildman–Crippen LogP) is -0.117. The van der Waals surface area contributed by atoms with Crippen LogP contribution in [0.15, 0.2) is 15.7 Å². The number of aryl methyl sites for hydroxylation is 1. The van der Waals surface area contributed by atoms with E-state index in [-0.39, 0.29) is 11.2 Å². The molecule has 13 heavy (non-hydrogen) atoms. The van der Waals surface area contributed by atoms with Gasteiger partial charge in [0.05, 0.1) is 0 Å². The topological polar surface area (TPSA) is 44.0 Å². The highest BCUT2D eigenvalue weighted by molar-refractivity contribution is 5.04. The minimum atomic E-state index is -0.196. The van der Waals surface area contributed by atoms with Crippen LogP contribution in [0, 0.1) is 0 Å². The highest BCUT2D eigenvalue weighted by Gasteiger charge is 2.12. The van der Waals surface area contributed by atoms with Crippen LogP contribution in [0.4, 0.5) is 0 Å². The number of aromatic nitrogens is 2. The molecule has 1 aromatic rings. The molecular formula is C9H12N2O2. The van der Waals surface area contributed by atoms with Crippen LogP contribution < -0.4 is 11.2 Å². The largest absolute Gasteiger partial charge is 0.330 e. The standard InChI is InChI=1S/C9H12N2O2/c1-10-8(12)6-7-4-2-3-5-11(7)9(10)13/h6H,2-5H2,1H3. The molecule has 0 amide bonds. The fraction of sp³-hybridized carbons (Fsp3) is 0.556. The summed E-state index contributed by atoms with van der Waals surface area (Å²) in [5, 5.41) is 0. The smallest absolute Gasteiger partial charge is 0.298 e. The van der Waals surface area contributed by atoms with Gasteiger partial charge in [-0.15, -0.1) is 0 Å². The Bertz CT molecular complexity index is 442. The summed E-state index contributed by atoms with van der Waals surface area (Å²) in [4.78, 5) is 22.8. The summed E-state index contributed by atoms with van der Waals surface area (Å²) < 4.78 is 2.86. The van der Waals surface area contributed by atoms with Gasteiger partial charge in [-0.25, -0.2) is 4.79 Å². The summed E-state index contributed by atoms with van der Waals surface area (Å²) in [6, 6.07) is 1.57. The number of fused-ring (bicyclic) bond motifs is 1. The molecule has 0 fully saturated rings. The van der Waals surface area contributed by atoms with Gasteiger partial charge >= 0.3 is 5.69 Å². The van der Waals surface area contributed by atoms with Crippen molar-refractivity contribution in [1.29, 1.82) is 0 Å². The van der Waals surface area contributed by atoms with E-state index in [0.717, 1.165) is 36.1 Å². The highest BCUT2D eigenvalue weighted by Crippen LogP contribution is 2.09. The van der Waals surface area contributed by atoms with Gasteiger partial charge in [-0.05, 0) is 19.3 Å². The third kappa shape index (κ3) is 1.22. The maximum Gasteiger partial charge on any atom is 0.330 e. The summed E-state index contributed by atoms with van der Waals surface area (Å²) in [5.41, 5.74) is 0.514. The van der Waals surface area contributed by atoms with Gasteiger partial charge in [0.2, 0.25) is 0 Å². The second-order valence-corrected chi connectivity index (χ2v) is 3.42. The van der Waals surface area contributed by atoms with Gasteiger partial charge in [-0.1, -0.05) is 0 Å². The molecule has 0 N–H and O–H groups in total. The van der Waals surface area contributed by atoms with Crippen LogP contribution in [0.3, 0.4) is 0 Å². The van der Waals surface area contributed by atoms with Crippen molar-refractivity contribution in [3.63, 3.8) is 0 Å². The van der Waals surface area contributed by atoms with Crippen molar-refractivity contribution < 1.29 is 0 Å². The van der Waals surface area contributed by atoms with E-state index in [2.05, 4.69) is 0 Å². The first-order valence-corrected chi connectivity index (χ1v) is 4.50. The molecule has 0 spiro atoms. The third-order valence-electron chi connectivity index (χ3n) is 2.55. The van der Waals surface area contributed by atoms with E-state index in [4.69, 9.17) is 0 Å². The van der Waals surface area contributed by atoms with Crippen molar-refractivity contribution in [2.75, 3.05) is 0 Å². The van der Waals surface area contributed by atoms with E-state index in [9.17, 15) is 9.59 Å².